The molecule has 0 spiro atoms. The van der Waals surface area contributed by atoms with Gasteiger partial charge < -0.3 is 16.2 Å². The normalized spacial score (nSPS) is 15.1. The van der Waals surface area contributed by atoms with Crippen LogP contribution in [0.15, 0.2) is 0 Å². The highest BCUT2D eigenvalue weighted by atomic mass is 16.4. The van der Waals surface area contributed by atoms with Gasteiger partial charge in [-0.2, -0.15) is 0 Å². The van der Waals surface area contributed by atoms with E-state index in [1.165, 1.54) is 0 Å². The van der Waals surface area contributed by atoms with Crippen molar-refractivity contribution in [2.75, 3.05) is 0 Å². The van der Waals surface area contributed by atoms with Crippen LogP contribution in [-0.2, 0) is 4.79 Å². The van der Waals surface area contributed by atoms with E-state index in [9.17, 15) is 9.59 Å². The van der Waals surface area contributed by atoms with Gasteiger partial charge in [-0.25, -0.2) is 4.79 Å². The first-order chi connectivity index (χ1) is 4.95. The molecule has 5 nitrogen and oxygen atoms in total. The summed E-state index contributed by atoms with van der Waals surface area (Å²) in [6.07, 6.45) is -1.15. The second kappa shape index (κ2) is 3.80. The van der Waals surface area contributed by atoms with Crippen LogP contribution in [-0.4, -0.2) is 23.1 Å². The van der Waals surface area contributed by atoms with Crippen molar-refractivity contribution >= 4 is 12.0 Å². The maximum absolute atomic E-state index is 10.5. The van der Waals surface area contributed by atoms with Crippen molar-refractivity contribution in [3.63, 3.8) is 0 Å². The molecule has 0 heterocycles. The number of carbonyl (C=O) groups excluding carboxylic acids is 1. The lowest BCUT2D eigenvalue weighted by molar-refractivity contribution is -0.121. The molecular weight excluding hydrogens is 148 g/mol. The lowest BCUT2D eigenvalue weighted by atomic mass is 10.0. The molecule has 1 unspecified atom stereocenters. The topological polar surface area (TPSA) is 92.4 Å². The van der Waals surface area contributed by atoms with Crippen molar-refractivity contribution in [3.05, 3.63) is 0 Å². The molecule has 0 aliphatic heterocycles. The van der Waals surface area contributed by atoms with Gasteiger partial charge in [-0.05, 0) is 6.92 Å². The fourth-order valence-corrected chi connectivity index (χ4v) is 0.566. The van der Waals surface area contributed by atoms with Crippen molar-refractivity contribution in [1.29, 1.82) is 0 Å². The fourth-order valence-electron chi connectivity index (χ4n) is 0.566. The van der Waals surface area contributed by atoms with Crippen molar-refractivity contribution in [1.82, 2.24) is 5.32 Å². The molecule has 0 fully saturated rings. The number of hydrogen-bond donors (Lipinski definition) is 3. The molecule has 2 amide bonds. The number of nitrogens with two attached hydrogens (primary N) is 1. The van der Waals surface area contributed by atoms with Gasteiger partial charge in [0, 0.05) is 6.04 Å². The van der Waals surface area contributed by atoms with Crippen molar-refractivity contribution < 1.29 is 14.7 Å². The number of nitrogens with one attached hydrogen (secondary N) is 1. The zero-order valence-corrected chi connectivity index (χ0v) is 6.50. The van der Waals surface area contributed by atoms with Crippen molar-refractivity contribution in [2.45, 2.75) is 19.9 Å². The number of hydrogen-bond acceptors (Lipinski definition) is 2. The van der Waals surface area contributed by atoms with Crippen LogP contribution in [0.3, 0.4) is 0 Å². The van der Waals surface area contributed by atoms with Crippen LogP contribution in [0.25, 0.3) is 0 Å². The maximum Gasteiger partial charge on any atom is 0.404 e. The smallest absolute Gasteiger partial charge is 0.404 e. The van der Waals surface area contributed by atoms with Gasteiger partial charge in [0.15, 0.2) is 0 Å². The van der Waals surface area contributed by atoms with Gasteiger partial charge >= 0.3 is 6.09 Å². The second-order valence-corrected chi connectivity index (χ2v) is 2.43. The monoisotopic (exact) mass is 160 g/mol. The van der Waals surface area contributed by atoms with E-state index >= 15 is 0 Å². The largest absolute Gasteiger partial charge is 0.465 e. The van der Waals surface area contributed by atoms with Crippen LogP contribution in [0.1, 0.15) is 13.8 Å². The Labute approximate surface area is 64.6 Å². The summed E-state index contributed by atoms with van der Waals surface area (Å²) in [5.74, 6) is -0.989. The van der Waals surface area contributed by atoms with Gasteiger partial charge in [0.25, 0.3) is 0 Å². The summed E-state index contributed by atoms with van der Waals surface area (Å²) in [6, 6.07) is -0.440. The van der Waals surface area contributed by atoms with Gasteiger partial charge in [0.05, 0.1) is 5.92 Å². The lowest BCUT2D eigenvalue weighted by Gasteiger charge is -2.15. The SMILES string of the molecule is CC(NC(=O)O)[C@H](C)C(N)=O. The molecule has 0 aromatic heterocycles. The van der Waals surface area contributed by atoms with Gasteiger partial charge in [-0.3, -0.25) is 4.79 Å². The number of primary amides is 1. The highest BCUT2D eigenvalue weighted by molar-refractivity contribution is 5.77. The summed E-state index contributed by atoms with van der Waals surface area (Å²) in [4.78, 5) is 20.6. The third-order valence-electron chi connectivity index (χ3n) is 1.55. The zero-order chi connectivity index (χ0) is 9.02. The summed E-state index contributed by atoms with van der Waals surface area (Å²) >= 11 is 0. The zero-order valence-electron chi connectivity index (χ0n) is 6.50. The van der Waals surface area contributed by atoms with E-state index in [1.807, 2.05) is 0 Å². The molecule has 5 heteroatoms. The molecule has 4 N–H and O–H groups in total. The predicted octanol–water partition coefficient (Wildman–Crippen LogP) is -0.236. The van der Waals surface area contributed by atoms with Gasteiger partial charge in [-0.15, -0.1) is 0 Å². The summed E-state index contributed by atoms with van der Waals surface area (Å²) < 4.78 is 0. The minimum Gasteiger partial charge on any atom is -0.465 e. The van der Waals surface area contributed by atoms with Crippen LogP contribution in [0.4, 0.5) is 4.79 Å². The predicted molar refractivity (Wildman–Crippen MR) is 39.0 cm³/mol. The molecule has 0 aliphatic rings. The molecule has 0 aromatic carbocycles. The number of rotatable bonds is 3. The Kier molecular flexibility index (Phi) is 3.36. The van der Waals surface area contributed by atoms with Crippen LogP contribution >= 0.6 is 0 Å². The van der Waals surface area contributed by atoms with E-state index in [0.29, 0.717) is 0 Å². The molecule has 11 heavy (non-hydrogen) atoms. The number of amides is 2. The average Bonchev–Trinajstić information content (AvgIpc) is 1.84. The molecule has 64 valence electrons. The first-order valence-corrected chi connectivity index (χ1v) is 3.24. The standard InChI is InChI=1S/C6H12N2O3/c1-3(5(7)9)4(2)8-6(10)11/h3-4,8H,1-2H3,(H2,7,9)(H,10,11)/t3-,4?/m0/s1. The molecule has 0 aromatic rings. The van der Waals surface area contributed by atoms with Crippen molar-refractivity contribution in [3.8, 4) is 0 Å². The Bertz CT molecular complexity index is 169. The first kappa shape index (κ1) is 9.74. The number of carbonyl (C=O) groups is 2. The van der Waals surface area contributed by atoms with Crippen molar-refractivity contribution in [2.24, 2.45) is 11.7 Å². The molecule has 0 saturated heterocycles. The van der Waals surface area contributed by atoms with E-state index in [4.69, 9.17) is 10.8 Å². The second-order valence-electron chi connectivity index (χ2n) is 2.43. The number of carboxylic acid groups (broad SMARTS) is 1. The molecule has 2 atom stereocenters. The van der Waals surface area contributed by atoms with E-state index < -0.39 is 24.0 Å². The minimum absolute atomic E-state index is 0.440. The molecule has 0 aliphatic carbocycles. The first-order valence-electron chi connectivity index (χ1n) is 3.24. The Morgan fingerprint density at radius 1 is 1.45 bits per heavy atom. The van der Waals surface area contributed by atoms with Crippen LogP contribution in [0.2, 0.25) is 0 Å². The summed E-state index contributed by atoms with van der Waals surface area (Å²) in [5.41, 5.74) is 4.94. The van der Waals surface area contributed by atoms with Gasteiger partial charge in [-0.1, -0.05) is 6.92 Å². The molecule has 0 saturated carbocycles. The third-order valence-corrected chi connectivity index (χ3v) is 1.55. The fraction of sp³-hybridized carbons (Fsp3) is 0.667. The minimum atomic E-state index is -1.15. The average molecular weight is 160 g/mol. The summed E-state index contributed by atoms with van der Waals surface area (Å²) in [6.45, 7) is 3.16. The van der Waals surface area contributed by atoms with E-state index in [-0.39, 0.29) is 0 Å². The maximum atomic E-state index is 10.5. The highest BCUT2D eigenvalue weighted by Gasteiger charge is 2.18. The van der Waals surface area contributed by atoms with Crippen LogP contribution in [0, 0.1) is 5.92 Å². The Morgan fingerprint density at radius 3 is 2.18 bits per heavy atom. The Morgan fingerprint density at radius 2 is 1.91 bits per heavy atom. The van der Waals surface area contributed by atoms with Gasteiger partial charge in [0.2, 0.25) is 5.91 Å². The Hall–Kier alpha value is -1.26. The molecular formula is C6H12N2O3. The quantitative estimate of drug-likeness (QED) is 0.532. The van der Waals surface area contributed by atoms with E-state index in [1.54, 1.807) is 13.8 Å². The molecule has 0 bridgehead atoms. The van der Waals surface area contributed by atoms with E-state index in [0.717, 1.165) is 0 Å². The summed E-state index contributed by atoms with van der Waals surface area (Å²) in [7, 11) is 0. The third kappa shape index (κ3) is 3.44. The summed E-state index contributed by atoms with van der Waals surface area (Å²) in [5, 5.41) is 10.4. The van der Waals surface area contributed by atoms with Crippen LogP contribution in [0.5, 0.6) is 0 Å². The molecule has 0 rings (SSSR count). The highest BCUT2D eigenvalue weighted by Crippen LogP contribution is 1.99. The molecule has 0 radical (unpaired) electrons. The van der Waals surface area contributed by atoms with Crippen LogP contribution < -0.4 is 11.1 Å². The van der Waals surface area contributed by atoms with E-state index in [2.05, 4.69) is 5.32 Å². The lowest BCUT2D eigenvalue weighted by Crippen LogP contribution is -2.41. The Balaban J connectivity index is 3.92. The van der Waals surface area contributed by atoms with Gasteiger partial charge in [0.1, 0.15) is 0 Å².